The summed E-state index contributed by atoms with van der Waals surface area (Å²) in [5, 5.41) is 3.28. The molecule has 2 heterocycles. The number of aromatic nitrogens is 1. The van der Waals surface area contributed by atoms with Crippen molar-refractivity contribution in [2.75, 3.05) is 37.6 Å². The molecule has 170 valence electrons. The Morgan fingerprint density at radius 2 is 2.00 bits per heavy atom. The number of nitrogens with one attached hydrogen (secondary N) is 1. The van der Waals surface area contributed by atoms with Gasteiger partial charge in [-0.1, -0.05) is 12.1 Å². The van der Waals surface area contributed by atoms with Gasteiger partial charge in [-0.25, -0.2) is 4.98 Å². The number of fused-ring (bicyclic) bond motifs is 1. The van der Waals surface area contributed by atoms with E-state index in [-0.39, 0.29) is 18.4 Å². The van der Waals surface area contributed by atoms with E-state index >= 15 is 0 Å². The molecule has 0 spiro atoms. The van der Waals surface area contributed by atoms with Crippen molar-refractivity contribution >= 4 is 34.0 Å². The monoisotopic (exact) mass is 465 g/mol. The van der Waals surface area contributed by atoms with E-state index in [9.17, 15) is 9.59 Å². The molecule has 0 unspecified atom stereocenters. The Morgan fingerprint density at radius 3 is 2.67 bits per heavy atom. The summed E-state index contributed by atoms with van der Waals surface area (Å²) in [5.74, 6) is 0.924. The minimum absolute atomic E-state index is 0.00148. The van der Waals surface area contributed by atoms with Crippen LogP contribution in [0.2, 0.25) is 0 Å². The fourth-order valence-corrected chi connectivity index (χ4v) is 4.46. The van der Waals surface area contributed by atoms with Crippen LogP contribution in [-0.4, -0.2) is 44.2 Å². The Kier molecular flexibility index (Phi) is 6.32. The zero-order chi connectivity index (χ0) is 23.5. The Bertz CT molecular complexity index is 1210. The van der Waals surface area contributed by atoms with Crippen molar-refractivity contribution in [3.8, 4) is 28.5 Å². The van der Waals surface area contributed by atoms with Crippen LogP contribution >= 0.6 is 11.3 Å². The molecular formula is C24H23N3O5S. The number of carbonyl (C=O) groups excluding carboxylic acids is 2. The quantitative estimate of drug-likeness (QED) is 0.524. The van der Waals surface area contributed by atoms with E-state index in [0.717, 1.165) is 10.4 Å². The van der Waals surface area contributed by atoms with Gasteiger partial charge < -0.3 is 19.1 Å². The summed E-state index contributed by atoms with van der Waals surface area (Å²) in [4.78, 5) is 32.5. The minimum atomic E-state index is -0.383. The van der Waals surface area contributed by atoms with Crippen LogP contribution in [0, 0.1) is 6.92 Å². The van der Waals surface area contributed by atoms with Crippen molar-refractivity contribution in [2.24, 2.45) is 0 Å². The van der Waals surface area contributed by atoms with Gasteiger partial charge in [-0.05, 0) is 37.3 Å². The fourth-order valence-electron chi connectivity index (χ4n) is 3.63. The molecule has 33 heavy (non-hydrogen) atoms. The number of anilines is 2. The third kappa shape index (κ3) is 4.27. The maximum atomic E-state index is 13.0. The summed E-state index contributed by atoms with van der Waals surface area (Å²) < 4.78 is 16.2. The van der Waals surface area contributed by atoms with Crippen LogP contribution in [0.25, 0.3) is 11.3 Å². The van der Waals surface area contributed by atoms with Gasteiger partial charge in [-0.2, -0.15) is 0 Å². The van der Waals surface area contributed by atoms with Crippen molar-refractivity contribution in [3.05, 3.63) is 59.5 Å². The second-order valence-corrected chi connectivity index (χ2v) is 8.38. The molecular weight excluding hydrogens is 442 g/mol. The lowest BCUT2D eigenvalue weighted by atomic mass is 10.1. The number of amides is 2. The maximum Gasteiger partial charge on any atom is 0.265 e. The van der Waals surface area contributed by atoms with Gasteiger partial charge in [0.05, 0.1) is 25.6 Å². The first-order valence-corrected chi connectivity index (χ1v) is 11.0. The summed E-state index contributed by atoms with van der Waals surface area (Å²) in [5.41, 5.74) is 2.48. The molecule has 0 radical (unpaired) electrons. The number of ether oxygens (including phenoxy) is 3. The summed E-state index contributed by atoms with van der Waals surface area (Å²) in [6, 6.07) is 10.7. The van der Waals surface area contributed by atoms with Crippen molar-refractivity contribution in [1.82, 2.24) is 4.98 Å². The zero-order valence-corrected chi connectivity index (χ0v) is 19.3. The average molecular weight is 466 g/mol. The standard InChI is InChI=1S/C24H23N3O5S/c1-5-11-27-16-12-15(9-10-17(16)32-13-20(27)28)22-14(2)33-24(25-22)26-23(29)21-18(30-3)7-6-8-19(21)31-4/h5-10,12H,1,11,13H2,2-4H3,(H,25,26,29). The van der Waals surface area contributed by atoms with Crippen LogP contribution in [0.3, 0.4) is 0 Å². The van der Waals surface area contributed by atoms with Crippen LogP contribution in [0.4, 0.5) is 10.8 Å². The van der Waals surface area contributed by atoms with Crippen LogP contribution < -0.4 is 24.4 Å². The molecule has 0 atom stereocenters. The molecule has 8 nitrogen and oxygen atoms in total. The third-order valence-electron chi connectivity index (χ3n) is 5.16. The third-order valence-corrected chi connectivity index (χ3v) is 6.05. The SMILES string of the molecule is C=CCN1C(=O)COc2ccc(-c3nc(NC(=O)c4c(OC)cccc4OC)sc3C)cc21. The molecule has 0 fully saturated rings. The topological polar surface area (TPSA) is 90.0 Å². The van der Waals surface area contributed by atoms with Gasteiger partial charge in [0, 0.05) is 17.0 Å². The molecule has 1 aliphatic heterocycles. The second kappa shape index (κ2) is 9.33. The molecule has 2 amide bonds. The predicted molar refractivity (Wildman–Crippen MR) is 128 cm³/mol. The smallest absolute Gasteiger partial charge is 0.265 e. The predicted octanol–water partition coefficient (Wildman–Crippen LogP) is 4.30. The number of rotatable bonds is 7. The van der Waals surface area contributed by atoms with Crippen molar-refractivity contribution in [1.29, 1.82) is 0 Å². The molecule has 3 aromatic rings. The molecule has 0 aliphatic carbocycles. The van der Waals surface area contributed by atoms with Gasteiger partial charge in [-0.15, -0.1) is 17.9 Å². The maximum absolute atomic E-state index is 13.0. The molecule has 0 bridgehead atoms. The molecule has 4 rings (SSSR count). The molecule has 0 saturated carbocycles. The van der Waals surface area contributed by atoms with Crippen LogP contribution in [0.15, 0.2) is 49.1 Å². The minimum Gasteiger partial charge on any atom is -0.496 e. The Morgan fingerprint density at radius 1 is 1.27 bits per heavy atom. The van der Waals surface area contributed by atoms with Crippen LogP contribution in [-0.2, 0) is 4.79 Å². The first-order chi connectivity index (χ1) is 16.0. The van der Waals surface area contributed by atoms with E-state index in [1.54, 1.807) is 29.2 Å². The molecule has 1 N–H and O–H groups in total. The highest BCUT2D eigenvalue weighted by molar-refractivity contribution is 7.16. The molecule has 1 aliphatic rings. The number of hydrogen-bond acceptors (Lipinski definition) is 7. The lowest BCUT2D eigenvalue weighted by molar-refractivity contribution is -0.121. The number of carbonyl (C=O) groups is 2. The van der Waals surface area contributed by atoms with E-state index in [1.165, 1.54) is 25.6 Å². The Hall–Kier alpha value is -3.85. The highest BCUT2D eigenvalue weighted by Crippen LogP contribution is 2.39. The number of aryl methyl sites for hydroxylation is 1. The van der Waals surface area contributed by atoms with E-state index in [4.69, 9.17) is 14.2 Å². The zero-order valence-electron chi connectivity index (χ0n) is 18.5. The first kappa shape index (κ1) is 22.3. The van der Waals surface area contributed by atoms with Crippen molar-refractivity contribution in [3.63, 3.8) is 0 Å². The van der Waals surface area contributed by atoms with Gasteiger partial charge in [0.15, 0.2) is 11.7 Å². The number of hydrogen-bond donors (Lipinski definition) is 1. The normalized spacial score (nSPS) is 12.6. The van der Waals surface area contributed by atoms with E-state index < -0.39 is 0 Å². The second-order valence-electron chi connectivity index (χ2n) is 7.18. The van der Waals surface area contributed by atoms with Crippen LogP contribution in [0.5, 0.6) is 17.2 Å². The van der Waals surface area contributed by atoms with Gasteiger partial charge in [0.25, 0.3) is 11.8 Å². The van der Waals surface area contributed by atoms with Crippen molar-refractivity contribution < 1.29 is 23.8 Å². The molecule has 1 aromatic heterocycles. The highest BCUT2D eigenvalue weighted by atomic mass is 32.1. The summed E-state index contributed by atoms with van der Waals surface area (Å²) in [6.45, 7) is 6.04. The van der Waals surface area contributed by atoms with Gasteiger partial charge >= 0.3 is 0 Å². The number of benzene rings is 2. The largest absolute Gasteiger partial charge is 0.496 e. The summed E-state index contributed by atoms with van der Waals surface area (Å²) in [6.07, 6.45) is 1.67. The Balaban J connectivity index is 1.65. The van der Waals surface area contributed by atoms with Gasteiger partial charge in [0.2, 0.25) is 0 Å². The molecule has 9 heteroatoms. The van der Waals surface area contributed by atoms with E-state index in [2.05, 4.69) is 16.9 Å². The number of nitrogens with zero attached hydrogens (tertiary/aromatic N) is 2. The van der Waals surface area contributed by atoms with Crippen LogP contribution in [0.1, 0.15) is 15.2 Å². The van der Waals surface area contributed by atoms with Gasteiger partial charge in [-0.3, -0.25) is 14.9 Å². The summed E-state index contributed by atoms with van der Waals surface area (Å²) in [7, 11) is 2.99. The average Bonchev–Trinajstić information content (AvgIpc) is 3.19. The number of methoxy groups -OCH3 is 2. The van der Waals surface area contributed by atoms with Crippen molar-refractivity contribution in [2.45, 2.75) is 6.92 Å². The van der Waals surface area contributed by atoms with E-state index in [0.29, 0.717) is 45.9 Å². The molecule has 2 aromatic carbocycles. The van der Waals surface area contributed by atoms with Gasteiger partial charge in [0.1, 0.15) is 22.8 Å². The highest BCUT2D eigenvalue weighted by Gasteiger charge is 2.26. The fraction of sp³-hybridized carbons (Fsp3) is 0.208. The molecule has 0 saturated heterocycles. The lowest BCUT2D eigenvalue weighted by Gasteiger charge is -2.28. The number of thiazole rings is 1. The first-order valence-electron chi connectivity index (χ1n) is 10.1. The summed E-state index contributed by atoms with van der Waals surface area (Å²) >= 11 is 1.36. The lowest BCUT2D eigenvalue weighted by Crippen LogP contribution is -2.38. The Labute approximate surface area is 195 Å². The van der Waals surface area contributed by atoms with E-state index in [1.807, 2.05) is 25.1 Å².